The van der Waals surface area contributed by atoms with E-state index in [-0.39, 0.29) is 5.54 Å². The number of rotatable bonds is 4. The molecular formula is C12H19ClN4O. The third-order valence-electron chi connectivity index (χ3n) is 3.10. The molecule has 0 radical (unpaired) electrons. The van der Waals surface area contributed by atoms with Crippen LogP contribution in [0.15, 0.2) is 6.20 Å². The lowest BCUT2D eigenvalue weighted by Crippen LogP contribution is -2.41. The van der Waals surface area contributed by atoms with Gasteiger partial charge >= 0.3 is 0 Å². The highest BCUT2D eigenvalue weighted by molar-refractivity contribution is 6.32. The molecule has 1 fully saturated rings. The summed E-state index contributed by atoms with van der Waals surface area (Å²) in [6.07, 6.45) is 3.52. The normalized spacial score (nSPS) is 18.4. The minimum atomic E-state index is -0.0142. The van der Waals surface area contributed by atoms with E-state index in [0.29, 0.717) is 16.8 Å². The van der Waals surface area contributed by atoms with Crippen LogP contribution in [-0.4, -0.2) is 35.3 Å². The highest BCUT2D eigenvalue weighted by Gasteiger charge is 2.28. The van der Waals surface area contributed by atoms with E-state index >= 15 is 0 Å². The molecule has 0 atom stereocenters. The van der Waals surface area contributed by atoms with E-state index in [1.54, 1.807) is 6.20 Å². The van der Waals surface area contributed by atoms with Crippen LogP contribution in [0.2, 0.25) is 5.02 Å². The van der Waals surface area contributed by atoms with Crippen molar-refractivity contribution in [2.45, 2.75) is 32.2 Å². The van der Waals surface area contributed by atoms with Crippen LogP contribution in [0, 0.1) is 0 Å². The highest BCUT2D eigenvalue weighted by Crippen LogP contribution is 2.28. The third-order valence-corrected chi connectivity index (χ3v) is 3.37. The second-order valence-corrected chi connectivity index (χ2v) is 5.13. The van der Waals surface area contributed by atoms with E-state index < -0.39 is 0 Å². The molecule has 0 unspecified atom stereocenters. The van der Waals surface area contributed by atoms with Crippen molar-refractivity contribution in [3.63, 3.8) is 0 Å². The van der Waals surface area contributed by atoms with E-state index in [2.05, 4.69) is 27.5 Å². The first-order valence-electron chi connectivity index (χ1n) is 6.25. The Labute approximate surface area is 112 Å². The summed E-state index contributed by atoms with van der Waals surface area (Å²) >= 11 is 6.13. The minimum Gasteiger partial charge on any atom is -0.381 e. The number of hydrogen-bond acceptors (Lipinski definition) is 5. The molecule has 2 rings (SSSR count). The Bertz CT molecular complexity index is 407. The van der Waals surface area contributed by atoms with E-state index in [9.17, 15) is 0 Å². The largest absolute Gasteiger partial charge is 0.381 e. The molecule has 1 aliphatic heterocycles. The number of hydrogen-bond donors (Lipinski definition) is 2. The van der Waals surface area contributed by atoms with Crippen molar-refractivity contribution < 1.29 is 4.74 Å². The summed E-state index contributed by atoms with van der Waals surface area (Å²) in [5, 5.41) is 7.05. The maximum atomic E-state index is 6.13. The molecule has 1 saturated heterocycles. The number of nitrogens with one attached hydrogen (secondary N) is 2. The lowest BCUT2D eigenvalue weighted by Gasteiger charge is -2.35. The van der Waals surface area contributed by atoms with Crippen LogP contribution in [0.5, 0.6) is 0 Å². The Kier molecular flexibility index (Phi) is 4.24. The van der Waals surface area contributed by atoms with Crippen molar-refractivity contribution in [1.82, 2.24) is 9.97 Å². The Hall–Kier alpha value is -1.07. The standard InChI is InChI=1S/C12H19ClN4O/c1-3-14-11-15-8-9(13)10(16-11)17-12(2)4-6-18-7-5-12/h8H,3-7H2,1-2H3,(H2,14,15,16,17). The molecule has 18 heavy (non-hydrogen) atoms. The molecule has 0 saturated carbocycles. The summed E-state index contributed by atoms with van der Waals surface area (Å²) in [6, 6.07) is 0. The zero-order valence-corrected chi connectivity index (χ0v) is 11.5. The maximum absolute atomic E-state index is 6.13. The Balaban J connectivity index is 2.14. The fraction of sp³-hybridized carbons (Fsp3) is 0.667. The molecule has 0 spiro atoms. The summed E-state index contributed by atoms with van der Waals surface area (Å²) in [5.41, 5.74) is -0.0142. The Morgan fingerprint density at radius 1 is 1.44 bits per heavy atom. The van der Waals surface area contributed by atoms with Gasteiger partial charge in [0.25, 0.3) is 0 Å². The first-order chi connectivity index (χ1) is 8.63. The van der Waals surface area contributed by atoms with Gasteiger partial charge in [-0.1, -0.05) is 11.6 Å². The van der Waals surface area contributed by atoms with Crippen LogP contribution < -0.4 is 10.6 Å². The molecule has 1 aromatic rings. The van der Waals surface area contributed by atoms with E-state index in [0.717, 1.165) is 32.6 Å². The van der Waals surface area contributed by atoms with Gasteiger partial charge in [0.1, 0.15) is 5.02 Å². The van der Waals surface area contributed by atoms with Gasteiger partial charge in [0.15, 0.2) is 5.82 Å². The average molecular weight is 271 g/mol. The second kappa shape index (κ2) is 5.71. The molecule has 0 aromatic carbocycles. The smallest absolute Gasteiger partial charge is 0.224 e. The van der Waals surface area contributed by atoms with Gasteiger partial charge in [0.05, 0.1) is 6.20 Å². The summed E-state index contributed by atoms with van der Waals surface area (Å²) in [5.74, 6) is 1.28. The number of aromatic nitrogens is 2. The fourth-order valence-electron chi connectivity index (χ4n) is 1.93. The zero-order chi connectivity index (χ0) is 13.0. The average Bonchev–Trinajstić information content (AvgIpc) is 2.34. The van der Waals surface area contributed by atoms with Gasteiger partial charge < -0.3 is 15.4 Å². The monoisotopic (exact) mass is 270 g/mol. The molecule has 5 nitrogen and oxygen atoms in total. The van der Waals surface area contributed by atoms with Crippen LogP contribution >= 0.6 is 11.6 Å². The summed E-state index contributed by atoms with van der Waals surface area (Å²) in [6.45, 7) is 6.50. The van der Waals surface area contributed by atoms with Crippen LogP contribution in [0.1, 0.15) is 26.7 Å². The second-order valence-electron chi connectivity index (χ2n) is 4.72. The molecule has 2 N–H and O–H groups in total. The summed E-state index contributed by atoms with van der Waals surface area (Å²) in [4.78, 5) is 8.52. The zero-order valence-electron chi connectivity index (χ0n) is 10.8. The third kappa shape index (κ3) is 3.23. The SMILES string of the molecule is CCNc1ncc(Cl)c(NC2(C)CCOCC2)n1. The lowest BCUT2D eigenvalue weighted by atomic mass is 9.92. The molecule has 100 valence electrons. The van der Waals surface area contributed by atoms with Crippen LogP contribution in [-0.2, 0) is 4.74 Å². The maximum Gasteiger partial charge on any atom is 0.224 e. The first kappa shape index (κ1) is 13.4. The molecule has 0 amide bonds. The Morgan fingerprint density at radius 3 is 2.83 bits per heavy atom. The van der Waals surface area contributed by atoms with Gasteiger partial charge in [-0.3, -0.25) is 0 Å². The summed E-state index contributed by atoms with van der Waals surface area (Å²) in [7, 11) is 0. The molecular weight excluding hydrogens is 252 g/mol. The van der Waals surface area contributed by atoms with Gasteiger partial charge in [-0.05, 0) is 26.7 Å². The fourth-order valence-corrected chi connectivity index (χ4v) is 2.07. The highest BCUT2D eigenvalue weighted by atomic mass is 35.5. The van der Waals surface area contributed by atoms with Gasteiger partial charge in [-0.15, -0.1) is 0 Å². The molecule has 0 aliphatic carbocycles. The molecule has 6 heteroatoms. The van der Waals surface area contributed by atoms with E-state index in [1.807, 2.05) is 6.92 Å². The molecule has 1 aromatic heterocycles. The van der Waals surface area contributed by atoms with Crippen molar-refractivity contribution in [3.8, 4) is 0 Å². The van der Waals surface area contributed by atoms with Gasteiger partial charge in [-0.25, -0.2) is 4.98 Å². The summed E-state index contributed by atoms with van der Waals surface area (Å²) < 4.78 is 5.38. The Morgan fingerprint density at radius 2 is 2.17 bits per heavy atom. The molecule has 1 aliphatic rings. The first-order valence-corrected chi connectivity index (χ1v) is 6.63. The molecule has 2 heterocycles. The van der Waals surface area contributed by atoms with E-state index in [4.69, 9.17) is 16.3 Å². The number of nitrogens with zero attached hydrogens (tertiary/aromatic N) is 2. The van der Waals surface area contributed by atoms with Crippen molar-refractivity contribution >= 4 is 23.4 Å². The topological polar surface area (TPSA) is 59.1 Å². The number of anilines is 2. The van der Waals surface area contributed by atoms with Crippen LogP contribution in [0.4, 0.5) is 11.8 Å². The van der Waals surface area contributed by atoms with Crippen molar-refractivity contribution in [1.29, 1.82) is 0 Å². The quantitative estimate of drug-likeness (QED) is 0.881. The minimum absolute atomic E-state index is 0.0142. The van der Waals surface area contributed by atoms with Crippen molar-refractivity contribution in [2.75, 3.05) is 30.4 Å². The van der Waals surface area contributed by atoms with Gasteiger partial charge in [0.2, 0.25) is 5.95 Å². The van der Waals surface area contributed by atoms with E-state index in [1.165, 1.54) is 0 Å². The van der Waals surface area contributed by atoms with Crippen molar-refractivity contribution in [3.05, 3.63) is 11.2 Å². The van der Waals surface area contributed by atoms with Crippen molar-refractivity contribution in [2.24, 2.45) is 0 Å². The predicted octanol–water partition coefficient (Wildman–Crippen LogP) is 2.54. The van der Waals surface area contributed by atoms with Gasteiger partial charge in [0, 0.05) is 25.3 Å². The van der Waals surface area contributed by atoms with Crippen LogP contribution in [0.25, 0.3) is 0 Å². The lowest BCUT2D eigenvalue weighted by molar-refractivity contribution is 0.0657. The number of halogens is 1. The van der Waals surface area contributed by atoms with Crippen LogP contribution in [0.3, 0.4) is 0 Å². The number of ether oxygens (including phenoxy) is 1. The predicted molar refractivity (Wildman–Crippen MR) is 73.3 cm³/mol. The van der Waals surface area contributed by atoms with Gasteiger partial charge in [-0.2, -0.15) is 4.98 Å². The molecule has 0 bridgehead atoms.